The normalized spacial score (nSPS) is 11.8. The first kappa shape index (κ1) is 31.1. The number of hydrogen-bond donors (Lipinski definition) is 3. The number of aromatic amines is 2. The Kier molecular flexibility index (Phi) is 8.09. The van der Waals surface area contributed by atoms with Crippen molar-refractivity contribution in [1.82, 2.24) is 19.9 Å². The van der Waals surface area contributed by atoms with E-state index in [0.717, 1.165) is 89.4 Å². The van der Waals surface area contributed by atoms with E-state index in [9.17, 15) is 5.11 Å². The van der Waals surface area contributed by atoms with Gasteiger partial charge in [0.15, 0.2) is 0 Å². The molecular formula is C44H30FeN4O. The van der Waals surface area contributed by atoms with Crippen molar-refractivity contribution in [2.24, 2.45) is 0 Å². The zero-order valence-corrected chi connectivity index (χ0v) is 27.9. The van der Waals surface area contributed by atoms with Crippen molar-refractivity contribution < 1.29 is 22.2 Å². The number of hydrogen-bond acceptors (Lipinski definition) is 3. The Hall–Kier alpha value is -6.20. The maximum atomic E-state index is 10.2. The summed E-state index contributed by atoms with van der Waals surface area (Å²) >= 11 is 0. The molecule has 0 fully saturated rings. The van der Waals surface area contributed by atoms with Gasteiger partial charge in [0.25, 0.3) is 0 Å². The molecule has 3 N–H and O–H groups in total. The monoisotopic (exact) mass is 686 g/mol. The summed E-state index contributed by atoms with van der Waals surface area (Å²) in [6.45, 7) is 0. The number of aromatic nitrogens is 4. The molecule has 240 valence electrons. The van der Waals surface area contributed by atoms with Crippen molar-refractivity contribution in [2.75, 3.05) is 0 Å². The first-order chi connectivity index (χ1) is 24.2. The second kappa shape index (κ2) is 13.0. The average molecular weight is 687 g/mol. The van der Waals surface area contributed by atoms with E-state index in [1.807, 2.05) is 30.3 Å². The van der Waals surface area contributed by atoms with Crippen LogP contribution in [0.1, 0.15) is 22.8 Å². The number of nitrogens with one attached hydrogen (secondary N) is 2. The van der Waals surface area contributed by atoms with Gasteiger partial charge in [0.05, 0.1) is 22.8 Å². The molecule has 5 heterocycles. The van der Waals surface area contributed by atoms with Crippen molar-refractivity contribution in [1.29, 1.82) is 0 Å². The van der Waals surface area contributed by atoms with E-state index in [1.165, 1.54) is 0 Å². The molecule has 5 nitrogen and oxygen atoms in total. The van der Waals surface area contributed by atoms with Crippen LogP contribution in [0.5, 0.6) is 5.75 Å². The van der Waals surface area contributed by atoms with Crippen LogP contribution < -0.4 is 0 Å². The van der Waals surface area contributed by atoms with E-state index in [1.54, 1.807) is 12.1 Å². The van der Waals surface area contributed by atoms with Crippen molar-refractivity contribution in [2.45, 2.75) is 0 Å². The zero-order chi connectivity index (χ0) is 32.7. The van der Waals surface area contributed by atoms with Gasteiger partial charge >= 0.3 is 0 Å². The van der Waals surface area contributed by atoms with Crippen LogP contribution in [-0.4, -0.2) is 25.0 Å². The molecule has 0 aliphatic carbocycles. The van der Waals surface area contributed by atoms with E-state index in [2.05, 4.69) is 131 Å². The molecule has 0 amide bonds. The van der Waals surface area contributed by atoms with Crippen LogP contribution in [0.15, 0.2) is 140 Å². The summed E-state index contributed by atoms with van der Waals surface area (Å²) in [6.07, 6.45) is 8.40. The molecule has 4 aromatic carbocycles. The molecule has 50 heavy (non-hydrogen) atoms. The van der Waals surface area contributed by atoms with Gasteiger partial charge in [-0.15, -0.1) is 0 Å². The largest absolute Gasteiger partial charge is 0.508 e. The van der Waals surface area contributed by atoms with Gasteiger partial charge < -0.3 is 15.1 Å². The van der Waals surface area contributed by atoms with Crippen LogP contribution in [0.4, 0.5) is 0 Å². The first-order valence-electron chi connectivity index (χ1n) is 16.3. The van der Waals surface area contributed by atoms with Gasteiger partial charge in [0, 0.05) is 61.4 Å². The second-order valence-electron chi connectivity index (χ2n) is 12.1. The SMILES string of the molecule is Oc1ccc(-c2c3nc(c(-c4ccccc4)c4ccc([nH]4)c(-c4ccccc4)c4nc(c(-c5ccccc5)c5ccc2[nH]5)C=C4)C=C3)cc1.[Fe]. The number of benzene rings is 4. The minimum Gasteiger partial charge on any atom is -0.508 e. The molecule has 2 aliphatic heterocycles. The summed E-state index contributed by atoms with van der Waals surface area (Å²) in [5.41, 5.74) is 15.3. The summed E-state index contributed by atoms with van der Waals surface area (Å²) < 4.78 is 0. The Labute approximate surface area is 299 Å². The molecule has 0 saturated carbocycles. The van der Waals surface area contributed by atoms with E-state index in [-0.39, 0.29) is 22.8 Å². The number of H-pyrrole nitrogens is 2. The van der Waals surface area contributed by atoms with Gasteiger partial charge in [0.2, 0.25) is 0 Å². The molecule has 0 unspecified atom stereocenters. The van der Waals surface area contributed by atoms with Gasteiger partial charge in [0.1, 0.15) is 5.75 Å². The fraction of sp³-hybridized carbons (Fsp3) is 0. The van der Waals surface area contributed by atoms with Gasteiger partial charge in [-0.3, -0.25) is 0 Å². The zero-order valence-electron chi connectivity index (χ0n) is 26.8. The molecule has 0 saturated heterocycles. The quantitative estimate of drug-likeness (QED) is 0.161. The molecule has 7 aromatic rings. The minimum absolute atomic E-state index is 0. The van der Waals surface area contributed by atoms with Crippen LogP contribution in [-0.2, 0) is 17.1 Å². The molecule has 0 spiro atoms. The van der Waals surface area contributed by atoms with Crippen LogP contribution in [0, 0.1) is 0 Å². The first-order valence-corrected chi connectivity index (χ1v) is 16.3. The van der Waals surface area contributed by atoms with Gasteiger partial charge in [-0.1, -0.05) is 103 Å². The average Bonchev–Trinajstić information content (AvgIpc) is 3.98. The Bertz CT molecular complexity index is 2550. The Balaban J connectivity index is 0.00000361. The van der Waals surface area contributed by atoms with E-state index < -0.39 is 0 Å². The molecular weight excluding hydrogens is 656 g/mol. The number of phenols is 1. The summed E-state index contributed by atoms with van der Waals surface area (Å²) in [4.78, 5) is 18.2. The predicted molar refractivity (Wildman–Crippen MR) is 202 cm³/mol. The third kappa shape index (κ3) is 5.57. The maximum absolute atomic E-state index is 10.2. The van der Waals surface area contributed by atoms with E-state index in [4.69, 9.17) is 9.97 Å². The summed E-state index contributed by atoms with van der Waals surface area (Å²) in [6, 6.07) is 47.0. The fourth-order valence-electron chi connectivity index (χ4n) is 6.86. The van der Waals surface area contributed by atoms with E-state index >= 15 is 0 Å². The predicted octanol–water partition coefficient (Wildman–Crippen LogP) is 11.0. The third-order valence-corrected chi connectivity index (χ3v) is 9.10. The topological polar surface area (TPSA) is 77.6 Å². The molecule has 8 bridgehead atoms. The van der Waals surface area contributed by atoms with Gasteiger partial charge in [-0.05, 0) is 83.0 Å². The van der Waals surface area contributed by atoms with Crippen LogP contribution >= 0.6 is 0 Å². The molecule has 9 rings (SSSR count). The molecule has 2 aliphatic rings. The summed E-state index contributed by atoms with van der Waals surface area (Å²) in [5.74, 6) is 0.215. The van der Waals surface area contributed by atoms with Crippen molar-refractivity contribution in [3.8, 4) is 50.3 Å². The number of rotatable bonds is 4. The maximum Gasteiger partial charge on any atom is 0.115 e. The van der Waals surface area contributed by atoms with Crippen LogP contribution in [0.2, 0.25) is 0 Å². The molecule has 0 radical (unpaired) electrons. The summed E-state index contributed by atoms with van der Waals surface area (Å²) in [5, 5.41) is 10.2. The number of aromatic hydroxyl groups is 1. The number of fused-ring (bicyclic) bond motifs is 8. The smallest absolute Gasteiger partial charge is 0.115 e. The Morgan fingerprint density at radius 3 is 0.920 bits per heavy atom. The van der Waals surface area contributed by atoms with Crippen molar-refractivity contribution >= 4 is 46.4 Å². The summed E-state index contributed by atoms with van der Waals surface area (Å²) in [7, 11) is 0. The van der Waals surface area contributed by atoms with Crippen molar-refractivity contribution in [3.05, 3.63) is 162 Å². The molecule has 0 atom stereocenters. The van der Waals surface area contributed by atoms with E-state index in [0.29, 0.717) is 0 Å². The minimum atomic E-state index is 0. The van der Waals surface area contributed by atoms with Crippen LogP contribution in [0.25, 0.3) is 90.9 Å². The second-order valence-corrected chi connectivity index (χ2v) is 12.1. The molecule has 3 aromatic heterocycles. The Morgan fingerprint density at radius 2 is 0.620 bits per heavy atom. The third-order valence-electron chi connectivity index (χ3n) is 9.10. The van der Waals surface area contributed by atoms with Gasteiger partial charge in [-0.2, -0.15) is 0 Å². The van der Waals surface area contributed by atoms with Gasteiger partial charge in [-0.25, -0.2) is 9.97 Å². The Morgan fingerprint density at radius 1 is 0.340 bits per heavy atom. The molecule has 6 heteroatoms. The number of phenolic OH excluding ortho intramolecular Hbond substituents is 1. The standard InChI is InChI=1S/C44H30N4O.Fe/c49-32-18-16-31(17-19-32)44-39-26-24-37(47-39)42(29-12-6-2-7-13-29)35-22-20-33(45-35)41(28-10-4-1-5-11-28)34-21-23-36(46-34)43(30-14-8-3-9-15-30)38-25-27-40(44)48-38;/h1-27,45,48-49H;. The van der Waals surface area contributed by atoms with Crippen molar-refractivity contribution in [3.63, 3.8) is 0 Å². The number of nitrogens with zero attached hydrogens (tertiary/aromatic N) is 2. The van der Waals surface area contributed by atoms with Crippen LogP contribution in [0.3, 0.4) is 0 Å². The fourth-order valence-corrected chi connectivity index (χ4v) is 6.86.